The number of hydrogen-bond donors (Lipinski definition) is 1. The number of hydrogen-bond acceptors (Lipinski definition) is 3. The van der Waals surface area contributed by atoms with E-state index >= 15 is 0 Å². The molecule has 148 valence electrons. The molecule has 0 radical (unpaired) electrons. The summed E-state index contributed by atoms with van der Waals surface area (Å²) in [5, 5.41) is 12.6. The van der Waals surface area contributed by atoms with E-state index in [2.05, 4.69) is 16.3 Å². The average molecular weight is 382 g/mol. The second-order valence-electron chi connectivity index (χ2n) is 7.50. The summed E-state index contributed by atoms with van der Waals surface area (Å²) in [6, 6.07) is 8.51. The molecule has 1 aliphatic heterocycles. The number of nitrogens with one attached hydrogen (secondary N) is 1. The molecule has 1 N–H and O–H groups in total. The Labute approximate surface area is 165 Å². The van der Waals surface area contributed by atoms with Crippen LogP contribution in [0.2, 0.25) is 0 Å². The van der Waals surface area contributed by atoms with Crippen molar-refractivity contribution in [3.63, 3.8) is 0 Å². The molecular weight excluding hydrogens is 355 g/mol. The Bertz CT molecular complexity index is 871. The zero-order valence-electron chi connectivity index (χ0n) is 16.6. The second-order valence-corrected chi connectivity index (χ2v) is 7.50. The monoisotopic (exact) mass is 382 g/mol. The molecule has 0 spiro atoms. The number of carbonyl (C=O) groups is 1. The lowest BCUT2D eigenvalue weighted by molar-refractivity contribution is -0.117. The van der Waals surface area contributed by atoms with Crippen LogP contribution in [0, 0.1) is 31.0 Å². The molecule has 1 saturated heterocycles. The minimum Gasteiger partial charge on any atom is -0.326 e. The summed E-state index contributed by atoms with van der Waals surface area (Å²) in [4.78, 5) is 14.9. The van der Waals surface area contributed by atoms with E-state index in [0.29, 0.717) is 24.5 Å². The topological polar surface area (TPSA) is 61.1 Å². The van der Waals surface area contributed by atoms with Gasteiger partial charge in [0.15, 0.2) is 0 Å². The first kappa shape index (κ1) is 20.1. The van der Waals surface area contributed by atoms with Crippen LogP contribution in [0.25, 0.3) is 0 Å². The Morgan fingerprint density at radius 1 is 1.14 bits per heavy atom. The van der Waals surface area contributed by atoms with Crippen LogP contribution in [0.3, 0.4) is 0 Å². The van der Waals surface area contributed by atoms with Crippen molar-refractivity contribution in [1.82, 2.24) is 9.47 Å². The highest BCUT2D eigenvalue weighted by molar-refractivity contribution is 5.93. The molecule has 1 aliphatic rings. The van der Waals surface area contributed by atoms with Gasteiger partial charge in [0.2, 0.25) is 5.91 Å². The number of amides is 1. The molecular formula is C22H27FN4O. The van der Waals surface area contributed by atoms with Gasteiger partial charge in [-0.05, 0) is 63.0 Å². The summed E-state index contributed by atoms with van der Waals surface area (Å²) in [6.45, 7) is 6.50. The predicted molar refractivity (Wildman–Crippen MR) is 108 cm³/mol. The zero-order chi connectivity index (χ0) is 20.1. The van der Waals surface area contributed by atoms with Gasteiger partial charge < -0.3 is 9.88 Å². The highest BCUT2D eigenvalue weighted by Crippen LogP contribution is 2.27. The van der Waals surface area contributed by atoms with Crippen molar-refractivity contribution in [1.29, 1.82) is 5.26 Å². The van der Waals surface area contributed by atoms with Crippen LogP contribution in [-0.2, 0) is 11.3 Å². The van der Waals surface area contributed by atoms with E-state index in [1.54, 1.807) is 12.1 Å². The Kier molecular flexibility index (Phi) is 6.48. The van der Waals surface area contributed by atoms with E-state index in [1.807, 2.05) is 18.4 Å². The van der Waals surface area contributed by atoms with E-state index in [4.69, 9.17) is 0 Å². The number of rotatable bonds is 5. The Morgan fingerprint density at radius 2 is 1.79 bits per heavy atom. The van der Waals surface area contributed by atoms with E-state index < -0.39 is 0 Å². The molecule has 0 saturated carbocycles. The normalized spacial score (nSPS) is 15.1. The lowest BCUT2D eigenvalue weighted by Crippen LogP contribution is -2.34. The molecule has 2 aromatic rings. The lowest BCUT2D eigenvalue weighted by atomic mass is 10.2. The van der Waals surface area contributed by atoms with Crippen molar-refractivity contribution in [2.75, 3.05) is 25.0 Å². The number of anilines is 1. The molecule has 28 heavy (non-hydrogen) atoms. The van der Waals surface area contributed by atoms with E-state index in [0.717, 1.165) is 42.8 Å². The molecule has 1 amide bonds. The van der Waals surface area contributed by atoms with Crippen molar-refractivity contribution in [3.8, 4) is 6.07 Å². The third kappa shape index (κ3) is 4.60. The Hall–Kier alpha value is -2.65. The molecule has 5 nitrogen and oxygen atoms in total. The zero-order valence-corrected chi connectivity index (χ0v) is 16.6. The van der Waals surface area contributed by atoms with Crippen molar-refractivity contribution in [2.24, 2.45) is 0 Å². The van der Waals surface area contributed by atoms with Crippen LogP contribution >= 0.6 is 0 Å². The Balaban J connectivity index is 1.82. The van der Waals surface area contributed by atoms with Crippen LogP contribution in [0.5, 0.6) is 0 Å². The fourth-order valence-corrected chi connectivity index (χ4v) is 3.77. The highest BCUT2D eigenvalue weighted by atomic mass is 19.1. The summed E-state index contributed by atoms with van der Waals surface area (Å²) in [5.41, 5.74) is 3.18. The summed E-state index contributed by atoms with van der Waals surface area (Å²) in [5.74, 6) is 0.144. The van der Waals surface area contributed by atoms with Gasteiger partial charge >= 0.3 is 0 Å². The van der Waals surface area contributed by atoms with E-state index in [1.165, 1.54) is 25.0 Å². The maximum atomic E-state index is 13.2. The van der Waals surface area contributed by atoms with Gasteiger partial charge in [-0.15, -0.1) is 0 Å². The first-order valence-electron chi connectivity index (χ1n) is 9.86. The fraction of sp³-hybridized carbons (Fsp3) is 0.455. The van der Waals surface area contributed by atoms with Crippen LogP contribution in [0.15, 0.2) is 24.3 Å². The number of aromatic nitrogens is 1. The minimum atomic E-state index is -0.284. The highest BCUT2D eigenvalue weighted by Gasteiger charge is 2.21. The SMILES string of the molecule is Cc1c(C#N)c(NC(=O)CN2CCCCCC2)n(Cc2ccc(F)cc2)c1C. The molecule has 6 heteroatoms. The number of carbonyl (C=O) groups excluding carboxylic acids is 1. The number of nitrogens with zero attached hydrogens (tertiary/aromatic N) is 3. The third-order valence-corrected chi connectivity index (χ3v) is 5.52. The summed E-state index contributed by atoms with van der Waals surface area (Å²) < 4.78 is 15.2. The summed E-state index contributed by atoms with van der Waals surface area (Å²) in [6.07, 6.45) is 4.68. The van der Waals surface area contributed by atoms with Gasteiger partial charge in [-0.1, -0.05) is 25.0 Å². The van der Waals surface area contributed by atoms with Gasteiger partial charge in [-0.25, -0.2) is 4.39 Å². The first-order valence-corrected chi connectivity index (χ1v) is 9.86. The molecule has 1 fully saturated rings. The standard InChI is InChI=1S/C22H27FN4O/c1-16-17(2)27(14-18-7-9-19(23)10-8-18)22(20(16)13-24)25-21(28)15-26-11-5-3-4-6-12-26/h7-10H,3-6,11-12,14-15H2,1-2H3,(H,25,28). The summed E-state index contributed by atoms with van der Waals surface area (Å²) >= 11 is 0. The molecule has 0 atom stereocenters. The molecule has 0 bridgehead atoms. The predicted octanol–water partition coefficient (Wildman–Crippen LogP) is 3.98. The van der Waals surface area contributed by atoms with Crippen LogP contribution in [-0.4, -0.2) is 35.0 Å². The van der Waals surface area contributed by atoms with Crippen molar-refractivity contribution in [2.45, 2.75) is 46.1 Å². The molecule has 2 heterocycles. The number of benzene rings is 1. The lowest BCUT2D eigenvalue weighted by Gasteiger charge is -2.20. The van der Waals surface area contributed by atoms with Crippen molar-refractivity contribution < 1.29 is 9.18 Å². The van der Waals surface area contributed by atoms with Gasteiger partial charge in [0, 0.05) is 12.2 Å². The van der Waals surface area contributed by atoms with E-state index in [-0.39, 0.29) is 11.7 Å². The molecule has 3 rings (SSSR count). The summed E-state index contributed by atoms with van der Waals surface area (Å²) in [7, 11) is 0. The van der Waals surface area contributed by atoms with Gasteiger partial charge in [0.05, 0.1) is 12.1 Å². The van der Waals surface area contributed by atoms with Gasteiger partial charge in [-0.3, -0.25) is 9.69 Å². The number of likely N-dealkylation sites (tertiary alicyclic amines) is 1. The van der Waals surface area contributed by atoms with Crippen molar-refractivity contribution >= 4 is 11.7 Å². The van der Waals surface area contributed by atoms with Crippen LogP contribution < -0.4 is 5.32 Å². The fourth-order valence-electron chi connectivity index (χ4n) is 3.77. The van der Waals surface area contributed by atoms with Crippen LogP contribution in [0.1, 0.15) is 48.1 Å². The number of nitriles is 1. The number of halogens is 1. The van der Waals surface area contributed by atoms with Gasteiger partial charge in [0.1, 0.15) is 17.7 Å². The smallest absolute Gasteiger partial charge is 0.239 e. The van der Waals surface area contributed by atoms with Crippen molar-refractivity contribution in [3.05, 3.63) is 52.5 Å². The molecule has 1 aromatic carbocycles. The van der Waals surface area contributed by atoms with E-state index in [9.17, 15) is 14.4 Å². The maximum absolute atomic E-state index is 13.2. The molecule has 1 aromatic heterocycles. The minimum absolute atomic E-state index is 0.101. The second kappa shape index (κ2) is 9.03. The largest absolute Gasteiger partial charge is 0.326 e. The first-order chi connectivity index (χ1) is 13.5. The quantitative estimate of drug-likeness (QED) is 0.851. The van der Waals surface area contributed by atoms with Crippen LogP contribution in [0.4, 0.5) is 10.2 Å². The Morgan fingerprint density at radius 3 is 2.39 bits per heavy atom. The van der Waals surface area contributed by atoms with Gasteiger partial charge in [-0.2, -0.15) is 5.26 Å². The average Bonchev–Trinajstić information content (AvgIpc) is 2.86. The maximum Gasteiger partial charge on any atom is 0.239 e. The molecule has 0 unspecified atom stereocenters. The molecule has 0 aliphatic carbocycles. The van der Waals surface area contributed by atoms with Gasteiger partial charge in [0.25, 0.3) is 0 Å². The third-order valence-electron chi connectivity index (χ3n) is 5.52.